The maximum Gasteiger partial charge on any atom is 0.242 e. The van der Waals surface area contributed by atoms with Gasteiger partial charge in [0.25, 0.3) is 0 Å². The van der Waals surface area contributed by atoms with Gasteiger partial charge in [-0.15, -0.1) is 0 Å². The third-order valence-electron chi connectivity index (χ3n) is 7.55. The van der Waals surface area contributed by atoms with E-state index in [1.165, 1.54) is 20.1 Å². The molecular formula is C32H35N5O6. The largest absolute Gasteiger partial charge is 0.493 e. The van der Waals surface area contributed by atoms with Gasteiger partial charge in [-0.25, -0.2) is 4.98 Å². The molecule has 3 aromatic carbocycles. The van der Waals surface area contributed by atoms with Crippen LogP contribution in [0.3, 0.4) is 0 Å². The Labute approximate surface area is 249 Å². The smallest absolute Gasteiger partial charge is 0.242 e. The maximum atomic E-state index is 13.6. The van der Waals surface area contributed by atoms with Gasteiger partial charge in [-0.2, -0.15) is 0 Å². The number of para-hydroxylation sites is 2. The van der Waals surface area contributed by atoms with E-state index in [-0.39, 0.29) is 29.5 Å². The Hall–Kier alpha value is -5.06. The Balaban J connectivity index is 1.49. The zero-order valence-electron chi connectivity index (χ0n) is 24.8. The van der Waals surface area contributed by atoms with Crippen LogP contribution >= 0.6 is 0 Å². The number of aryl methyl sites for hydroxylation is 1. The van der Waals surface area contributed by atoms with Crippen LogP contribution in [0.25, 0.3) is 22.2 Å². The number of imidazole rings is 1. The summed E-state index contributed by atoms with van der Waals surface area (Å²) in [5, 5.41) is 8.92. The molecule has 1 aliphatic rings. The lowest BCUT2D eigenvalue weighted by atomic mass is 9.95. The molecule has 0 radical (unpaired) electrons. The van der Waals surface area contributed by atoms with Gasteiger partial charge in [-0.1, -0.05) is 18.2 Å². The first-order chi connectivity index (χ1) is 20.7. The Bertz CT molecular complexity index is 1720. The minimum Gasteiger partial charge on any atom is -0.493 e. The third-order valence-corrected chi connectivity index (χ3v) is 7.55. The van der Waals surface area contributed by atoms with Crippen molar-refractivity contribution in [1.82, 2.24) is 20.6 Å². The molecule has 0 saturated heterocycles. The summed E-state index contributed by atoms with van der Waals surface area (Å²) in [6.07, 6.45) is 1.14. The predicted molar refractivity (Wildman–Crippen MR) is 164 cm³/mol. The summed E-state index contributed by atoms with van der Waals surface area (Å²) in [5.74, 6) is 1.53. The molecule has 11 heteroatoms. The maximum absolute atomic E-state index is 13.6. The first kappa shape index (κ1) is 29.4. The Kier molecular flexibility index (Phi) is 8.51. The highest BCUT2D eigenvalue weighted by atomic mass is 16.5. The molecule has 224 valence electrons. The molecule has 1 heterocycles. The molecule has 5 rings (SSSR count). The number of aromatic amines is 1. The number of hydrogen-bond acceptors (Lipinski definition) is 8. The van der Waals surface area contributed by atoms with Crippen LogP contribution in [-0.4, -0.2) is 49.2 Å². The average molecular weight is 586 g/mol. The van der Waals surface area contributed by atoms with Gasteiger partial charge in [0.1, 0.15) is 11.9 Å². The van der Waals surface area contributed by atoms with Crippen LogP contribution in [0.5, 0.6) is 17.2 Å². The van der Waals surface area contributed by atoms with Crippen molar-refractivity contribution in [2.24, 2.45) is 0 Å². The number of H-pyrrole nitrogens is 1. The molecule has 43 heavy (non-hydrogen) atoms. The lowest BCUT2D eigenvalue weighted by molar-refractivity contribution is -0.122. The molecule has 0 saturated carbocycles. The van der Waals surface area contributed by atoms with E-state index in [4.69, 9.17) is 14.2 Å². The van der Waals surface area contributed by atoms with Crippen molar-refractivity contribution in [3.8, 4) is 28.4 Å². The van der Waals surface area contributed by atoms with Crippen molar-refractivity contribution in [3.05, 3.63) is 75.7 Å². The Morgan fingerprint density at radius 1 is 1.05 bits per heavy atom. The van der Waals surface area contributed by atoms with E-state index < -0.39 is 12.1 Å². The van der Waals surface area contributed by atoms with E-state index in [1.807, 2.05) is 36.4 Å². The minimum atomic E-state index is -0.725. The molecule has 4 N–H and O–H groups in total. The number of ether oxygens (including phenoxy) is 3. The number of hydrogen-bond donors (Lipinski definition) is 4. The van der Waals surface area contributed by atoms with E-state index in [2.05, 4.69) is 25.9 Å². The van der Waals surface area contributed by atoms with Crippen LogP contribution in [-0.2, 0) is 22.6 Å². The molecule has 0 spiro atoms. The molecule has 1 aliphatic carbocycles. The van der Waals surface area contributed by atoms with E-state index >= 15 is 0 Å². The highest BCUT2D eigenvalue weighted by Gasteiger charge is 2.29. The van der Waals surface area contributed by atoms with Crippen LogP contribution in [0.2, 0.25) is 0 Å². The molecule has 1 aromatic heterocycles. The number of rotatable bonds is 9. The number of carbonyl (C=O) groups excluding carboxylic acids is 2. The van der Waals surface area contributed by atoms with Crippen molar-refractivity contribution in [2.45, 2.75) is 45.3 Å². The lowest BCUT2D eigenvalue weighted by Gasteiger charge is -2.19. The second-order valence-corrected chi connectivity index (χ2v) is 10.4. The zero-order valence-corrected chi connectivity index (χ0v) is 24.8. The third kappa shape index (κ3) is 5.97. The van der Waals surface area contributed by atoms with Gasteiger partial charge in [0, 0.05) is 12.5 Å². The second kappa shape index (κ2) is 12.4. The number of nitrogens with zero attached hydrogens (tertiary/aromatic N) is 1. The van der Waals surface area contributed by atoms with Crippen molar-refractivity contribution >= 4 is 28.5 Å². The normalized spacial score (nSPS) is 14.5. The number of amides is 2. The molecular weight excluding hydrogens is 550 g/mol. The molecule has 4 aromatic rings. The van der Waals surface area contributed by atoms with Crippen LogP contribution in [0.1, 0.15) is 43.3 Å². The van der Waals surface area contributed by atoms with E-state index in [1.54, 1.807) is 27.2 Å². The fourth-order valence-corrected chi connectivity index (χ4v) is 5.54. The summed E-state index contributed by atoms with van der Waals surface area (Å²) >= 11 is 0. The first-order valence-electron chi connectivity index (χ1n) is 14.0. The van der Waals surface area contributed by atoms with Crippen molar-refractivity contribution < 1.29 is 23.8 Å². The Morgan fingerprint density at radius 2 is 1.81 bits per heavy atom. The SMILES string of the molecule is COc1cc2c(c(OC)c1OC)-c1ccc(NC(C)C(=O)NCc3nc4ccccc4[nH]3)c(=O)cc1C(NC(C)=O)CC2. The fourth-order valence-electron chi connectivity index (χ4n) is 5.54. The fraction of sp³-hybridized carbons (Fsp3) is 0.312. The van der Waals surface area contributed by atoms with Crippen LogP contribution in [0.4, 0.5) is 5.69 Å². The van der Waals surface area contributed by atoms with Crippen LogP contribution in [0.15, 0.2) is 53.3 Å². The molecule has 0 aliphatic heterocycles. The topological polar surface area (TPSA) is 144 Å². The summed E-state index contributed by atoms with van der Waals surface area (Å²) < 4.78 is 17.1. The highest BCUT2D eigenvalue weighted by molar-refractivity contribution is 5.86. The summed E-state index contributed by atoms with van der Waals surface area (Å²) in [7, 11) is 4.64. The molecule has 0 bridgehead atoms. The van der Waals surface area contributed by atoms with E-state index in [0.717, 1.165) is 22.2 Å². The van der Waals surface area contributed by atoms with E-state index in [0.29, 0.717) is 47.0 Å². The summed E-state index contributed by atoms with van der Waals surface area (Å²) in [6.45, 7) is 3.34. The quantitative estimate of drug-likeness (QED) is 0.232. The average Bonchev–Trinajstić information content (AvgIpc) is 3.28. The van der Waals surface area contributed by atoms with Gasteiger partial charge in [-0.3, -0.25) is 14.4 Å². The summed E-state index contributed by atoms with van der Waals surface area (Å²) in [4.78, 5) is 46.4. The monoisotopic (exact) mass is 585 g/mol. The number of fused-ring (bicyclic) bond motifs is 4. The molecule has 2 atom stereocenters. The minimum absolute atomic E-state index is 0.209. The number of nitrogens with one attached hydrogen (secondary N) is 4. The number of benzene rings is 2. The summed E-state index contributed by atoms with van der Waals surface area (Å²) in [5.41, 5.74) is 4.64. The van der Waals surface area contributed by atoms with Crippen LogP contribution < -0.4 is 35.6 Å². The number of methoxy groups -OCH3 is 3. The van der Waals surface area contributed by atoms with Gasteiger partial charge < -0.3 is 35.1 Å². The molecule has 11 nitrogen and oxygen atoms in total. The number of anilines is 1. The highest BCUT2D eigenvalue weighted by Crippen LogP contribution is 2.50. The van der Waals surface area contributed by atoms with Gasteiger partial charge in [-0.05, 0) is 66.8 Å². The number of aromatic nitrogens is 2. The standard InChI is InChI=1S/C32H35N5O6/c1-17(32(40)33-16-28-36-23-8-6-7-9-24(23)37-28)34-25-13-11-20-21(15-26(25)39)22(35-18(2)38)12-10-19-14-27(41-3)30(42-4)31(43-5)29(19)20/h6-9,11,13-15,17,22H,10,12,16H2,1-5H3,(H,33,40)(H,34,39)(H,35,38)(H,36,37). The van der Waals surface area contributed by atoms with Gasteiger partial charge in [0.15, 0.2) is 11.5 Å². The Morgan fingerprint density at radius 3 is 2.51 bits per heavy atom. The van der Waals surface area contributed by atoms with Gasteiger partial charge >= 0.3 is 0 Å². The number of carbonyl (C=O) groups is 2. The van der Waals surface area contributed by atoms with Gasteiger partial charge in [0.05, 0.1) is 50.6 Å². The van der Waals surface area contributed by atoms with Crippen molar-refractivity contribution in [2.75, 3.05) is 26.6 Å². The second-order valence-electron chi connectivity index (χ2n) is 10.4. The molecule has 2 unspecified atom stereocenters. The van der Waals surface area contributed by atoms with Crippen molar-refractivity contribution in [1.29, 1.82) is 0 Å². The van der Waals surface area contributed by atoms with Crippen molar-refractivity contribution in [3.63, 3.8) is 0 Å². The van der Waals surface area contributed by atoms with Crippen LogP contribution in [0, 0.1) is 0 Å². The van der Waals surface area contributed by atoms with Gasteiger partial charge in [0.2, 0.25) is 23.0 Å². The predicted octanol–water partition coefficient (Wildman–Crippen LogP) is 3.86. The first-order valence-corrected chi connectivity index (χ1v) is 14.0. The lowest BCUT2D eigenvalue weighted by Crippen LogP contribution is -2.38. The zero-order chi connectivity index (χ0) is 30.7. The molecule has 2 amide bonds. The summed E-state index contributed by atoms with van der Waals surface area (Å²) in [6, 6.07) is 13.3. The van der Waals surface area contributed by atoms with E-state index in [9.17, 15) is 14.4 Å². The molecule has 0 fully saturated rings.